The van der Waals surface area contributed by atoms with Crippen LogP contribution in [0, 0.1) is 0 Å². The lowest BCUT2D eigenvalue weighted by molar-refractivity contribution is 0.724. The Morgan fingerprint density at radius 2 is 1.71 bits per heavy atom. The highest BCUT2D eigenvalue weighted by atomic mass is 15.2. The second-order valence-electron chi connectivity index (χ2n) is 5.86. The van der Waals surface area contributed by atoms with Gasteiger partial charge in [-0.3, -0.25) is 0 Å². The van der Waals surface area contributed by atoms with Gasteiger partial charge in [-0.15, -0.1) is 0 Å². The fourth-order valence-electron chi connectivity index (χ4n) is 2.95. The van der Waals surface area contributed by atoms with Crippen LogP contribution in [0.1, 0.15) is 50.9 Å². The van der Waals surface area contributed by atoms with Gasteiger partial charge in [-0.2, -0.15) is 5.10 Å². The predicted octanol–water partition coefficient (Wildman–Crippen LogP) is 5.17. The second-order valence-corrected chi connectivity index (χ2v) is 5.86. The Balaban J connectivity index is 2.15. The third kappa shape index (κ3) is 2.80. The molecule has 2 heteroatoms. The number of pyridine rings is 1. The number of hydrogen-bond donors (Lipinski definition) is 0. The summed E-state index contributed by atoms with van der Waals surface area (Å²) in [6.45, 7) is 4.48. The van der Waals surface area contributed by atoms with Crippen molar-refractivity contribution in [3.63, 3.8) is 0 Å². The van der Waals surface area contributed by atoms with E-state index in [1.807, 2.05) is 0 Å². The molecule has 0 amide bonds. The number of rotatable bonds is 6. The lowest BCUT2D eigenvalue weighted by Gasteiger charge is -2.08. The molecule has 0 aliphatic carbocycles. The van der Waals surface area contributed by atoms with Crippen molar-refractivity contribution in [1.29, 1.82) is 0 Å². The maximum absolute atomic E-state index is 4.87. The van der Waals surface area contributed by atoms with Crippen molar-refractivity contribution in [2.75, 3.05) is 0 Å². The zero-order valence-corrected chi connectivity index (χ0v) is 13.1. The topological polar surface area (TPSA) is 17.3 Å². The lowest BCUT2D eigenvalue weighted by atomic mass is 10.1. The third-order valence-electron chi connectivity index (χ3n) is 4.16. The average molecular weight is 280 g/mol. The molecule has 3 rings (SSSR count). The summed E-state index contributed by atoms with van der Waals surface area (Å²) in [6.07, 6.45) is 7.06. The highest BCUT2D eigenvalue weighted by molar-refractivity contribution is 5.96. The Labute approximate surface area is 126 Å². The number of hydrogen-bond acceptors (Lipinski definition) is 1. The number of aryl methyl sites for hydroxylation is 2. The molecule has 2 aromatic heterocycles. The molecule has 1 aromatic carbocycles. The van der Waals surface area contributed by atoms with Crippen LogP contribution in [0.15, 0.2) is 36.4 Å². The van der Waals surface area contributed by atoms with Gasteiger partial charge in [0, 0.05) is 11.1 Å². The summed E-state index contributed by atoms with van der Waals surface area (Å²) in [5.74, 6) is 0. The van der Waals surface area contributed by atoms with Gasteiger partial charge in [0.05, 0.1) is 11.2 Å². The van der Waals surface area contributed by atoms with Crippen LogP contribution in [-0.4, -0.2) is 9.61 Å². The van der Waals surface area contributed by atoms with Crippen LogP contribution in [0.4, 0.5) is 0 Å². The van der Waals surface area contributed by atoms with Gasteiger partial charge in [-0.1, -0.05) is 51.0 Å². The van der Waals surface area contributed by atoms with Crippen LogP contribution in [-0.2, 0) is 12.8 Å². The van der Waals surface area contributed by atoms with E-state index in [0.29, 0.717) is 0 Å². The Morgan fingerprint density at radius 1 is 0.952 bits per heavy atom. The summed E-state index contributed by atoms with van der Waals surface area (Å²) < 4.78 is 2.18. The number of aromatic nitrogens is 2. The van der Waals surface area contributed by atoms with Gasteiger partial charge >= 0.3 is 0 Å². The summed E-state index contributed by atoms with van der Waals surface area (Å²) in [5, 5.41) is 7.51. The summed E-state index contributed by atoms with van der Waals surface area (Å²) in [4.78, 5) is 0. The largest absolute Gasteiger partial charge is 0.237 e. The van der Waals surface area contributed by atoms with E-state index in [9.17, 15) is 0 Å². The molecule has 0 saturated heterocycles. The number of fused-ring (bicyclic) bond motifs is 3. The molecule has 0 bridgehead atoms. The van der Waals surface area contributed by atoms with Crippen LogP contribution in [0.2, 0.25) is 0 Å². The Morgan fingerprint density at radius 3 is 2.52 bits per heavy atom. The van der Waals surface area contributed by atoms with Crippen LogP contribution >= 0.6 is 0 Å². The van der Waals surface area contributed by atoms with Crippen molar-refractivity contribution in [3.05, 3.63) is 47.8 Å². The molecule has 0 fully saturated rings. The van der Waals surface area contributed by atoms with Crippen LogP contribution in [0.25, 0.3) is 16.3 Å². The third-order valence-corrected chi connectivity index (χ3v) is 4.16. The fourth-order valence-corrected chi connectivity index (χ4v) is 2.95. The molecular weight excluding hydrogens is 256 g/mol. The summed E-state index contributed by atoms with van der Waals surface area (Å²) >= 11 is 0. The van der Waals surface area contributed by atoms with E-state index < -0.39 is 0 Å². The van der Waals surface area contributed by atoms with Crippen molar-refractivity contribution in [3.8, 4) is 0 Å². The van der Waals surface area contributed by atoms with Gasteiger partial charge in [0.1, 0.15) is 0 Å². The first-order valence-corrected chi connectivity index (χ1v) is 8.22. The van der Waals surface area contributed by atoms with Gasteiger partial charge in [-0.25, -0.2) is 4.52 Å². The standard InChI is InChI=1S/C19H24N2/c1-3-5-10-16-14-19-18-12-8-7-9-15(18)13-17(11-6-4-2)21(19)20-16/h7-9,12-14H,3-6,10-11H2,1-2H3. The van der Waals surface area contributed by atoms with Crippen molar-refractivity contribution in [1.82, 2.24) is 9.61 Å². The zero-order chi connectivity index (χ0) is 14.7. The van der Waals surface area contributed by atoms with E-state index in [-0.39, 0.29) is 0 Å². The minimum atomic E-state index is 1.08. The molecule has 0 N–H and O–H groups in total. The van der Waals surface area contributed by atoms with E-state index in [4.69, 9.17) is 5.10 Å². The number of unbranched alkanes of at least 4 members (excludes halogenated alkanes) is 2. The van der Waals surface area contributed by atoms with Crippen LogP contribution in [0.5, 0.6) is 0 Å². The van der Waals surface area contributed by atoms with E-state index in [0.717, 1.165) is 12.8 Å². The Hall–Kier alpha value is -1.83. The lowest BCUT2D eigenvalue weighted by Crippen LogP contribution is -2.00. The average Bonchev–Trinajstić information content (AvgIpc) is 2.95. The van der Waals surface area contributed by atoms with Gasteiger partial charge in [0.15, 0.2) is 0 Å². The van der Waals surface area contributed by atoms with E-state index >= 15 is 0 Å². The van der Waals surface area contributed by atoms with Crippen molar-refractivity contribution in [2.24, 2.45) is 0 Å². The minimum Gasteiger partial charge on any atom is -0.237 e. The van der Waals surface area contributed by atoms with Gasteiger partial charge in [0.2, 0.25) is 0 Å². The van der Waals surface area contributed by atoms with Gasteiger partial charge in [0.25, 0.3) is 0 Å². The van der Waals surface area contributed by atoms with Crippen molar-refractivity contribution in [2.45, 2.75) is 52.4 Å². The number of benzene rings is 1. The molecule has 2 heterocycles. The van der Waals surface area contributed by atoms with Gasteiger partial charge < -0.3 is 0 Å². The zero-order valence-electron chi connectivity index (χ0n) is 13.1. The van der Waals surface area contributed by atoms with E-state index in [1.54, 1.807) is 0 Å². The Kier molecular flexibility index (Phi) is 4.23. The van der Waals surface area contributed by atoms with E-state index in [2.05, 4.69) is 54.8 Å². The second kappa shape index (κ2) is 6.30. The molecule has 21 heavy (non-hydrogen) atoms. The molecule has 0 radical (unpaired) electrons. The van der Waals surface area contributed by atoms with Crippen LogP contribution in [0.3, 0.4) is 0 Å². The maximum Gasteiger partial charge on any atom is 0.0746 e. The van der Waals surface area contributed by atoms with E-state index in [1.165, 1.54) is 53.4 Å². The molecule has 0 aliphatic heterocycles. The van der Waals surface area contributed by atoms with Gasteiger partial charge in [-0.05, 0) is 43.2 Å². The first kappa shape index (κ1) is 14.1. The highest BCUT2D eigenvalue weighted by Gasteiger charge is 2.09. The Bertz CT molecular complexity index is 740. The van der Waals surface area contributed by atoms with Crippen molar-refractivity contribution >= 4 is 16.3 Å². The summed E-state index contributed by atoms with van der Waals surface area (Å²) in [6, 6.07) is 13.3. The predicted molar refractivity (Wildman–Crippen MR) is 89.9 cm³/mol. The quantitative estimate of drug-likeness (QED) is 0.608. The molecule has 3 aromatic rings. The minimum absolute atomic E-state index is 1.08. The molecule has 110 valence electrons. The SMILES string of the molecule is CCCCc1cc2c3ccccc3cc(CCCC)n2n1. The molecule has 0 unspecified atom stereocenters. The monoisotopic (exact) mass is 280 g/mol. The molecule has 0 atom stereocenters. The maximum atomic E-state index is 4.87. The molecule has 0 spiro atoms. The molecule has 2 nitrogen and oxygen atoms in total. The first-order chi connectivity index (χ1) is 10.3. The molecule has 0 aliphatic rings. The summed E-state index contributed by atoms with van der Waals surface area (Å²) in [7, 11) is 0. The molecular formula is C19H24N2. The van der Waals surface area contributed by atoms with Crippen LogP contribution < -0.4 is 0 Å². The smallest absolute Gasteiger partial charge is 0.0746 e. The fraction of sp³-hybridized carbons (Fsp3) is 0.421. The van der Waals surface area contributed by atoms with Crippen molar-refractivity contribution < 1.29 is 0 Å². The highest BCUT2D eigenvalue weighted by Crippen LogP contribution is 2.24. The normalized spacial score (nSPS) is 11.5. The number of nitrogens with zero attached hydrogens (tertiary/aromatic N) is 2. The molecule has 0 saturated carbocycles. The summed E-state index contributed by atoms with van der Waals surface area (Å²) in [5.41, 5.74) is 3.84. The first-order valence-electron chi connectivity index (χ1n) is 8.22.